The average Bonchev–Trinajstić information content (AvgIpc) is 2.73. The first-order valence-electron chi connectivity index (χ1n) is 10.0. The van der Waals surface area contributed by atoms with Crippen molar-refractivity contribution in [3.05, 3.63) is 57.6 Å². The molecule has 0 atom stereocenters. The minimum absolute atomic E-state index is 0.111. The standard InChI is InChI=1S/C23H22ClN3O6/c1-4-32-18-10-14(8-15-21(29)26-23(31)27-22(15)30)9-16(24)20(18)33-11-19(28)25-17-7-5-6-12(2)13(17)3/h5-10H,4,11H2,1-3H3,(H,25,28)(H2,26,27,29,30,31). The third-order valence-electron chi connectivity index (χ3n) is 4.81. The lowest BCUT2D eigenvalue weighted by atomic mass is 10.1. The molecule has 5 amide bonds. The monoisotopic (exact) mass is 471 g/mol. The van der Waals surface area contributed by atoms with Crippen LogP contribution in [0, 0.1) is 13.8 Å². The lowest BCUT2D eigenvalue weighted by Crippen LogP contribution is -2.51. The summed E-state index contributed by atoms with van der Waals surface area (Å²) in [5.41, 5.74) is 2.78. The number of urea groups is 1. The Hall–Kier alpha value is -3.85. The largest absolute Gasteiger partial charge is 0.490 e. The molecule has 0 radical (unpaired) electrons. The molecule has 0 saturated carbocycles. The van der Waals surface area contributed by atoms with Gasteiger partial charge in [-0.1, -0.05) is 23.7 Å². The summed E-state index contributed by atoms with van der Waals surface area (Å²) in [6.45, 7) is 5.57. The van der Waals surface area contributed by atoms with E-state index in [-0.39, 0.29) is 41.2 Å². The lowest BCUT2D eigenvalue weighted by molar-refractivity contribution is -0.124. The van der Waals surface area contributed by atoms with Crippen LogP contribution in [0.25, 0.3) is 6.08 Å². The molecule has 3 rings (SSSR count). The molecule has 1 aliphatic rings. The zero-order chi connectivity index (χ0) is 24.1. The highest BCUT2D eigenvalue weighted by Gasteiger charge is 2.28. The molecule has 9 nitrogen and oxygen atoms in total. The van der Waals surface area contributed by atoms with Gasteiger partial charge < -0.3 is 14.8 Å². The number of carbonyl (C=O) groups excluding carboxylic acids is 4. The molecule has 1 fully saturated rings. The van der Waals surface area contributed by atoms with Crippen molar-refractivity contribution in [3.8, 4) is 11.5 Å². The quantitative estimate of drug-likeness (QED) is 0.421. The molecule has 0 bridgehead atoms. The lowest BCUT2D eigenvalue weighted by Gasteiger charge is -2.16. The highest BCUT2D eigenvalue weighted by atomic mass is 35.5. The van der Waals surface area contributed by atoms with E-state index >= 15 is 0 Å². The predicted octanol–water partition coefficient (Wildman–Crippen LogP) is 3.12. The Kier molecular flexibility index (Phi) is 7.34. The molecule has 1 aliphatic heterocycles. The second kappa shape index (κ2) is 10.2. The highest BCUT2D eigenvalue weighted by Crippen LogP contribution is 2.37. The van der Waals surface area contributed by atoms with Gasteiger partial charge in [-0.2, -0.15) is 0 Å². The van der Waals surface area contributed by atoms with Crippen LogP contribution in [0.15, 0.2) is 35.9 Å². The topological polar surface area (TPSA) is 123 Å². The fourth-order valence-corrected chi connectivity index (χ4v) is 3.33. The fourth-order valence-electron chi connectivity index (χ4n) is 3.06. The first-order valence-corrected chi connectivity index (χ1v) is 10.4. The van der Waals surface area contributed by atoms with E-state index in [1.165, 1.54) is 18.2 Å². The van der Waals surface area contributed by atoms with Crippen LogP contribution in [-0.2, 0) is 14.4 Å². The maximum atomic E-state index is 12.4. The van der Waals surface area contributed by atoms with Crippen LogP contribution in [0.5, 0.6) is 11.5 Å². The number of halogens is 1. The highest BCUT2D eigenvalue weighted by molar-refractivity contribution is 6.33. The van der Waals surface area contributed by atoms with Crippen LogP contribution in [0.2, 0.25) is 5.02 Å². The molecule has 0 unspecified atom stereocenters. The molecule has 1 heterocycles. The third-order valence-corrected chi connectivity index (χ3v) is 5.09. The predicted molar refractivity (Wildman–Crippen MR) is 122 cm³/mol. The number of benzene rings is 2. The first kappa shape index (κ1) is 23.8. The van der Waals surface area contributed by atoms with Gasteiger partial charge in [-0.25, -0.2) is 4.79 Å². The van der Waals surface area contributed by atoms with Crippen molar-refractivity contribution in [1.82, 2.24) is 10.6 Å². The normalized spacial score (nSPS) is 13.2. The van der Waals surface area contributed by atoms with Crippen LogP contribution in [0.1, 0.15) is 23.6 Å². The first-order chi connectivity index (χ1) is 15.7. The number of aryl methyl sites for hydroxylation is 1. The number of anilines is 1. The smallest absolute Gasteiger partial charge is 0.328 e. The number of ether oxygens (including phenoxy) is 2. The molecule has 2 aromatic rings. The number of carbonyl (C=O) groups is 4. The van der Waals surface area contributed by atoms with Crippen LogP contribution in [0.4, 0.5) is 10.5 Å². The molecule has 0 aromatic heterocycles. The molecular weight excluding hydrogens is 450 g/mol. The van der Waals surface area contributed by atoms with Crippen LogP contribution in [0.3, 0.4) is 0 Å². The second-order valence-electron chi connectivity index (χ2n) is 7.14. The van der Waals surface area contributed by atoms with Crippen molar-refractivity contribution in [2.24, 2.45) is 0 Å². The van der Waals surface area contributed by atoms with Gasteiger partial charge in [0.25, 0.3) is 17.7 Å². The van der Waals surface area contributed by atoms with E-state index in [0.717, 1.165) is 11.1 Å². The van der Waals surface area contributed by atoms with Crippen molar-refractivity contribution in [1.29, 1.82) is 0 Å². The van der Waals surface area contributed by atoms with Gasteiger partial charge in [0.2, 0.25) is 0 Å². The molecule has 3 N–H and O–H groups in total. The average molecular weight is 472 g/mol. The van der Waals surface area contributed by atoms with E-state index in [0.29, 0.717) is 11.3 Å². The van der Waals surface area contributed by atoms with E-state index in [1.54, 1.807) is 13.0 Å². The van der Waals surface area contributed by atoms with E-state index in [2.05, 4.69) is 5.32 Å². The molecule has 0 aliphatic carbocycles. The van der Waals surface area contributed by atoms with Gasteiger partial charge in [-0.3, -0.25) is 25.0 Å². The summed E-state index contributed by atoms with van der Waals surface area (Å²) in [7, 11) is 0. The maximum Gasteiger partial charge on any atom is 0.328 e. The zero-order valence-electron chi connectivity index (χ0n) is 18.2. The maximum absolute atomic E-state index is 12.4. The van der Waals surface area contributed by atoms with Crippen molar-refractivity contribution in [2.75, 3.05) is 18.5 Å². The fraction of sp³-hybridized carbons (Fsp3) is 0.217. The molecule has 1 saturated heterocycles. The molecule has 33 heavy (non-hydrogen) atoms. The van der Waals surface area contributed by atoms with Gasteiger partial charge in [-0.15, -0.1) is 0 Å². The number of rotatable bonds is 7. The SMILES string of the molecule is CCOc1cc(C=C2C(=O)NC(=O)NC2=O)cc(Cl)c1OCC(=O)Nc1cccc(C)c1C. The Labute approximate surface area is 195 Å². The van der Waals surface area contributed by atoms with Gasteiger partial charge in [0, 0.05) is 5.69 Å². The second-order valence-corrected chi connectivity index (χ2v) is 7.55. The molecular formula is C23H22ClN3O6. The Morgan fingerprint density at radius 2 is 1.79 bits per heavy atom. The van der Waals surface area contributed by atoms with Crippen LogP contribution in [-0.4, -0.2) is 37.0 Å². The third kappa shape index (κ3) is 5.69. The van der Waals surface area contributed by atoms with E-state index in [9.17, 15) is 19.2 Å². The molecule has 10 heteroatoms. The number of amides is 5. The summed E-state index contributed by atoms with van der Waals surface area (Å²) in [5, 5.41) is 6.90. The Bertz CT molecular complexity index is 1150. The van der Waals surface area contributed by atoms with Crippen molar-refractivity contribution >= 4 is 47.1 Å². The minimum atomic E-state index is -0.891. The summed E-state index contributed by atoms with van der Waals surface area (Å²) in [4.78, 5) is 47.5. The summed E-state index contributed by atoms with van der Waals surface area (Å²) in [6.07, 6.45) is 1.27. The van der Waals surface area contributed by atoms with Crippen molar-refractivity contribution in [3.63, 3.8) is 0 Å². The number of barbiturate groups is 1. The molecule has 172 valence electrons. The minimum Gasteiger partial charge on any atom is -0.490 e. The Balaban J connectivity index is 1.80. The zero-order valence-corrected chi connectivity index (χ0v) is 19.0. The van der Waals surface area contributed by atoms with Crippen molar-refractivity contribution in [2.45, 2.75) is 20.8 Å². The number of nitrogens with one attached hydrogen (secondary N) is 3. The van der Waals surface area contributed by atoms with E-state index in [1.807, 2.05) is 36.6 Å². The number of imide groups is 2. The summed E-state index contributed by atoms with van der Waals surface area (Å²) in [5.74, 6) is -1.68. The summed E-state index contributed by atoms with van der Waals surface area (Å²) < 4.78 is 11.2. The van der Waals surface area contributed by atoms with Crippen LogP contribution < -0.4 is 25.4 Å². The van der Waals surface area contributed by atoms with Crippen LogP contribution >= 0.6 is 11.6 Å². The van der Waals surface area contributed by atoms with Gasteiger partial charge >= 0.3 is 6.03 Å². The molecule has 0 spiro atoms. The van der Waals surface area contributed by atoms with Gasteiger partial charge in [-0.05, 0) is 61.7 Å². The Morgan fingerprint density at radius 3 is 2.45 bits per heavy atom. The number of hydrogen-bond acceptors (Lipinski definition) is 6. The van der Waals surface area contributed by atoms with Gasteiger partial charge in [0.1, 0.15) is 5.57 Å². The summed E-state index contributed by atoms with van der Waals surface area (Å²) in [6, 6.07) is 7.66. The Morgan fingerprint density at radius 1 is 1.09 bits per heavy atom. The summed E-state index contributed by atoms with van der Waals surface area (Å²) >= 11 is 6.35. The van der Waals surface area contributed by atoms with E-state index < -0.39 is 17.8 Å². The molecule has 2 aromatic carbocycles. The van der Waals surface area contributed by atoms with Gasteiger partial charge in [0.05, 0.1) is 11.6 Å². The van der Waals surface area contributed by atoms with Gasteiger partial charge in [0.15, 0.2) is 18.1 Å². The number of hydrogen-bond donors (Lipinski definition) is 3. The van der Waals surface area contributed by atoms with Crippen molar-refractivity contribution < 1.29 is 28.7 Å². The van der Waals surface area contributed by atoms with E-state index in [4.69, 9.17) is 21.1 Å².